The highest BCUT2D eigenvalue weighted by Gasteiger charge is 2.31. The van der Waals surface area contributed by atoms with Crippen LogP contribution in [0.3, 0.4) is 0 Å². The van der Waals surface area contributed by atoms with Gasteiger partial charge in [-0.1, -0.05) is 60.7 Å². The molecule has 1 N–H and O–H groups in total. The maximum absolute atomic E-state index is 13.8. The third kappa shape index (κ3) is 9.24. The third-order valence-electron chi connectivity index (χ3n) is 4.64. The van der Waals surface area contributed by atoms with Crippen LogP contribution in [0, 0.1) is 0 Å². The molecule has 0 radical (unpaired) electrons. The Balaban J connectivity index is 2.35. The Morgan fingerprint density at radius 2 is 1.45 bits per heavy atom. The quantitative estimate of drug-likeness (QED) is 0.497. The van der Waals surface area contributed by atoms with Crippen molar-refractivity contribution in [3.8, 4) is 0 Å². The predicted octanol–water partition coefficient (Wildman–Crippen LogP) is 4.68. The Hall–Kier alpha value is -2.90. The first-order chi connectivity index (χ1) is 15.7. The number of hydrogen-bond donors (Lipinski definition) is 1. The minimum atomic E-state index is -0.923. The van der Waals surface area contributed by atoms with Gasteiger partial charge in [0.2, 0.25) is 5.91 Å². The average molecular weight is 457 g/mol. The van der Waals surface area contributed by atoms with Crippen LogP contribution in [-0.2, 0) is 25.5 Å². The van der Waals surface area contributed by atoms with Crippen molar-refractivity contribution in [2.24, 2.45) is 0 Å². The fourth-order valence-electron chi connectivity index (χ4n) is 3.28. The van der Waals surface area contributed by atoms with Gasteiger partial charge in [-0.3, -0.25) is 4.79 Å². The molecule has 0 aliphatic carbocycles. The monoisotopic (exact) mass is 456 g/mol. The number of carbonyl (C=O) groups is 2. The van der Waals surface area contributed by atoms with E-state index in [2.05, 4.69) is 5.32 Å². The number of amides is 2. The summed E-state index contributed by atoms with van der Waals surface area (Å²) in [7, 11) is 0. The van der Waals surface area contributed by atoms with Gasteiger partial charge in [-0.05, 0) is 45.7 Å². The molecule has 0 bridgehead atoms. The molecule has 2 amide bonds. The second-order valence-corrected chi connectivity index (χ2v) is 8.53. The van der Waals surface area contributed by atoms with Crippen molar-refractivity contribution in [2.75, 3.05) is 19.8 Å². The number of nitrogens with one attached hydrogen (secondary N) is 1. The van der Waals surface area contributed by atoms with Crippen molar-refractivity contribution in [1.82, 2.24) is 10.2 Å². The molecule has 2 aromatic rings. The molecule has 0 aromatic heterocycles. The number of hydrogen-bond acceptors (Lipinski definition) is 5. The minimum Gasteiger partial charge on any atom is -0.444 e. The lowest BCUT2D eigenvalue weighted by Crippen LogP contribution is -2.47. The van der Waals surface area contributed by atoms with Crippen LogP contribution in [0.25, 0.3) is 0 Å². The molecule has 1 atom stereocenters. The topological polar surface area (TPSA) is 77.1 Å². The molecular formula is C26H36N2O5. The molecule has 0 unspecified atom stereocenters. The van der Waals surface area contributed by atoms with Crippen molar-refractivity contribution >= 4 is 12.0 Å². The molecule has 0 heterocycles. The Bertz CT molecular complexity index is 846. The van der Waals surface area contributed by atoms with Crippen molar-refractivity contribution in [2.45, 2.75) is 59.1 Å². The average Bonchev–Trinajstić information content (AvgIpc) is 2.77. The largest absolute Gasteiger partial charge is 0.444 e. The molecule has 7 nitrogen and oxygen atoms in total. The van der Waals surface area contributed by atoms with Crippen LogP contribution in [0.15, 0.2) is 60.7 Å². The van der Waals surface area contributed by atoms with E-state index in [1.165, 1.54) is 0 Å². The first kappa shape index (κ1) is 26.4. The summed E-state index contributed by atoms with van der Waals surface area (Å²) in [6, 6.07) is 17.9. The Kier molecular flexibility index (Phi) is 10.4. The fourth-order valence-corrected chi connectivity index (χ4v) is 3.28. The Morgan fingerprint density at radius 3 is 1.97 bits per heavy atom. The highest BCUT2D eigenvalue weighted by molar-refractivity contribution is 5.87. The summed E-state index contributed by atoms with van der Waals surface area (Å²) in [6.45, 7) is 10.6. The van der Waals surface area contributed by atoms with E-state index >= 15 is 0 Å². The maximum atomic E-state index is 13.8. The van der Waals surface area contributed by atoms with Crippen LogP contribution in [0.5, 0.6) is 0 Å². The van der Waals surface area contributed by atoms with Gasteiger partial charge in [0.15, 0.2) is 6.29 Å². The number of nitrogens with zero attached hydrogens (tertiary/aromatic N) is 1. The van der Waals surface area contributed by atoms with Crippen LogP contribution in [0.4, 0.5) is 4.79 Å². The summed E-state index contributed by atoms with van der Waals surface area (Å²) in [4.78, 5) is 28.1. The number of rotatable bonds is 11. The number of alkyl carbamates (subject to hydrolysis) is 1. The highest BCUT2D eigenvalue weighted by Crippen LogP contribution is 2.20. The van der Waals surface area contributed by atoms with Crippen LogP contribution >= 0.6 is 0 Å². The lowest BCUT2D eigenvalue weighted by atomic mass is 10.0. The summed E-state index contributed by atoms with van der Waals surface area (Å²) in [5.74, 6) is -0.277. The normalized spacial score (nSPS) is 12.3. The van der Waals surface area contributed by atoms with Gasteiger partial charge in [0.1, 0.15) is 11.6 Å². The van der Waals surface area contributed by atoms with Gasteiger partial charge in [-0.25, -0.2) is 4.79 Å². The standard InChI is InChI=1S/C26H36N2O5/c1-6-31-22(32-7-2)19-28(18-20-14-10-8-11-15-20)24(29)23(21-16-12-9-13-17-21)27-25(30)33-26(3,4)5/h8-17,22-23H,6-7,18-19H2,1-5H3,(H,27,30)/t23-/m0/s1. The molecule has 2 rings (SSSR count). The first-order valence-electron chi connectivity index (χ1n) is 11.3. The second-order valence-electron chi connectivity index (χ2n) is 8.53. The third-order valence-corrected chi connectivity index (χ3v) is 4.64. The zero-order chi connectivity index (χ0) is 24.3. The van der Waals surface area contributed by atoms with Crippen LogP contribution in [-0.4, -0.2) is 48.5 Å². The predicted molar refractivity (Wildman–Crippen MR) is 127 cm³/mol. The zero-order valence-corrected chi connectivity index (χ0v) is 20.2. The zero-order valence-electron chi connectivity index (χ0n) is 20.2. The Morgan fingerprint density at radius 1 is 0.909 bits per heavy atom. The summed E-state index contributed by atoms with van der Waals surface area (Å²) < 4.78 is 16.8. The smallest absolute Gasteiger partial charge is 0.408 e. The molecule has 0 saturated carbocycles. The van der Waals surface area contributed by atoms with Crippen molar-refractivity contribution in [1.29, 1.82) is 0 Å². The summed E-state index contributed by atoms with van der Waals surface area (Å²) in [5.41, 5.74) is 0.935. The van der Waals surface area contributed by atoms with E-state index in [-0.39, 0.29) is 12.5 Å². The van der Waals surface area contributed by atoms with Gasteiger partial charge in [-0.15, -0.1) is 0 Å². The minimum absolute atomic E-state index is 0.217. The number of carbonyl (C=O) groups excluding carboxylic acids is 2. The van der Waals surface area contributed by atoms with Gasteiger partial charge >= 0.3 is 6.09 Å². The summed E-state index contributed by atoms with van der Waals surface area (Å²) in [6.07, 6.45) is -1.24. The van der Waals surface area contributed by atoms with Crippen LogP contribution in [0.2, 0.25) is 0 Å². The van der Waals surface area contributed by atoms with Gasteiger partial charge in [0.05, 0.1) is 6.54 Å². The molecular weight excluding hydrogens is 420 g/mol. The molecule has 0 saturated heterocycles. The van der Waals surface area contributed by atoms with Crippen LogP contribution in [0.1, 0.15) is 51.8 Å². The van der Waals surface area contributed by atoms with E-state index in [1.54, 1.807) is 25.7 Å². The van der Waals surface area contributed by atoms with Crippen LogP contribution < -0.4 is 5.32 Å². The molecule has 2 aromatic carbocycles. The van der Waals surface area contributed by atoms with E-state index in [1.807, 2.05) is 74.5 Å². The molecule has 33 heavy (non-hydrogen) atoms. The van der Waals surface area contributed by atoms with E-state index in [9.17, 15) is 9.59 Å². The lowest BCUT2D eigenvalue weighted by Gasteiger charge is -2.31. The van der Waals surface area contributed by atoms with Gasteiger partial charge in [-0.2, -0.15) is 0 Å². The van der Waals surface area contributed by atoms with Crippen molar-refractivity contribution in [3.05, 3.63) is 71.8 Å². The van der Waals surface area contributed by atoms with E-state index in [0.717, 1.165) is 5.56 Å². The van der Waals surface area contributed by atoms with E-state index in [4.69, 9.17) is 14.2 Å². The van der Waals surface area contributed by atoms with Gasteiger partial charge < -0.3 is 24.4 Å². The summed E-state index contributed by atoms with van der Waals surface area (Å²) in [5, 5.41) is 2.76. The highest BCUT2D eigenvalue weighted by atomic mass is 16.7. The number of benzene rings is 2. The Labute approximate surface area is 197 Å². The molecule has 7 heteroatoms. The molecule has 0 fully saturated rings. The fraction of sp³-hybridized carbons (Fsp3) is 0.462. The molecule has 0 spiro atoms. The second kappa shape index (κ2) is 13.0. The molecule has 0 aliphatic heterocycles. The van der Waals surface area contributed by atoms with Crippen molar-refractivity contribution < 1.29 is 23.8 Å². The number of ether oxygens (including phenoxy) is 3. The summed E-state index contributed by atoms with van der Waals surface area (Å²) >= 11 is 0. The van der Waals surface area contributed by atoms with E-state index in [0.29, 0.717) is 25.3 Å². The molecule has 0 aliphatic rings. The maximum Gasteiger partial charge on any atom is 0.408 e. The van der Waals surface area contributed by atoms with E-state index < -0.39 is 24.0 Å². The van der Waals surface area contributed by atoms with Gasteiger partial charge in [0.25, 0.3) is 0 Å². The first-order valence-corrected chi connectivity index (χ1v) is 11.3. The SMILES string of the molecule is CCOC(CN(Cc1ccccc1)C(=O)[C@@H](NC(=O)OC(C)(C)C)c1ccccc1)OCC. The van der Waals surface area contributed by atoms with Gasteiger partial charge in [0, 0.05) is 19.8 Å². The van der Waals surface area contributed by atoms with Crippen molar-refractivity contribution in [3.63, 3.8) is 0 Å². The lowest BCUT2D eigenvalue weighted by molar-refractivity contribution is -0.161. The molecule has 180 valence electrons.